The highest BCUT2D eigenvalue weighted by Crippen LogP contribution is 2.26. The van der Waals surface area contributed by atoms with Crippen molar-refractivity contribution in [3.63, 3.8) is 0 Å². The average molecular weight is 211 g/mol. The van der Waals surface area contributed by atoms with Gasteiger partial charge in [-0.05, 0) is 25.0 Å². The molecule has 0 bridgehead atoms. The van der Waals surface area contributed by atoms with Gasteiger partial charge in [0.1, 0.15) is 18.1 Å². The maximum Gasteiger partial charge on any atom is 0.129 e. The molecule has 2 atom stereocenters. The van der Waals surface area contributed by atoms with Crippen molar-refractivity contribution in [2.24, 2.45) is 5.73 Å². The number of rotatable bonds is 4. The van der Waals surface area contributed by atoms with Crippen molar-refractivity contribution in [2.45, 2.75) is 31.6 Å². The van der Waals surface area contributed by atoms with Crippen molar-refractivity contribution in [2.75, 3.05) is 13.7 Å². The summed E-state index contributed by atoms with van der Waals surface area (Å²) in [5.74, 6) is 1.59. The third-order valence-corrected chi connectivity index (χ3v) is 2.66. The minimum Gasteiger partial charge on any atom is -0.462 e. The monoisotopic (exact) mass is 211 g/mol. The van der Waals surface area contributed by atoms with E-state index in [1.165, 1.54) is 0 Å². The van der Waals surface area contributed by atoms with E-state index in [1.54, 1.807) is 7.11 Å². The molecule has 1 aromatic heterocycles. The molecule has 84 valence electrons. The lowest BCUT2D eigenvalue weighted by Crippen LogP contribution is -2.24. The smallest absolute Gasteiger partial charge is 0.129 e. The van der Waals surface area contributed by atoms with E-state index in [0.29, 0.717) is 6.61 Å². The normalized spacial score (nSPS) is 23.2. The van der Waals surface area contributed by atoms with Gasteiger partial charge in [0.15, 0.2) is 0 Å². The molecule has 2 unspecified atom stereocenters. The van der Waals surface area contributed by atoms with Gasteiger partial charge in [-0.25, -0.2) is 0 Å². The Morgan fingerprint density at radius 2 is 2.47 bits per heavy atom. The number of hydrogen-bond donors (Lipinski definition) is 1. The number of nitrogens with two attached hydrogens (primary N) is 1. The molecule has 0 radical (unpaired) electrons. The summed E-state index contributed by atoms with van der Waals surface area (Å²) in [6, 6.07) is 3.65. The first-order chi connectivity index (χ1) is 7.31. The molecule has 1 fully saturated rings. The van der Waals surface area contributed by atoms with Crippen LogP contribution in [0, 0.1) is 0 Å². The molecule has 2 heterocycles. The van der Waals surface area contributed by atoms with E-state index in [9.17, 15) is 0 Å². The molecule has 0 saturated carbocycles. The van der Waals surface area contributed by atoms with Gasteiger partial charge in [0.25, 0.3) is 0 Å². The lowest BCUT2D eigenvalue weighted by atomic mass is 10.1. The van der Waals surface area contributed by atoms with Crippen molar-refractivity contribution in [1.82, 2.24) is 0 Å². The third kappa shape index (κ3) is 2.40. The second-order valence-electron chi connectivity index (χ2n) is 3.81. The Hall–Kier alpha value is -0.840. The molecular formula is C11H17NO3. The molecule has 15 heavy (non-hydrogen) atoms. The molecule has 1 aliphatic rings. The molecule has 0 aromatic carbocycles. The van der Waals surface area contributed by atoms with Crippen molar-refractivity contribution in [1.29, 1.82) is 0 Å². The van der Waals surface area contributed by atoms with Gasteiger partial charge >= 0.3 is 0 Å². The van der Waals surface area contributed by atoms with Gasteiger partial charge in [-0.1, -0.05) is 0 Å². The summed E-state index contributed by atoms with van der Waals surface area (Å²) in [5, 5.41) is 0. The fourth-order valence-electron chi connectivity index (χ4n) is 1.86. The zero-order valence-corrected chi connectivity index (χ0v) is 8.94. The molecule has 0 amide bonds. The zero-order chi connectivity index (χ0) is 10.7. The fraction of sp³-hybridized carbons (Fsp3) is 0.636. The summed E-state index contributed by atoms with van der Waals surface area (Å²) in [6.45, 7) is 1.29. The van der Waals surface area contributed by atoms with Crippen LogP contribution in [-0.4, -0.2) is 19.8 Å². The van der Waals surface area contributed by atoms with Crippen LogP contribution in [0.5, 0.6) is 0 Å². The predicted molar refractivity (Wildman–Crippen MR) is 55.3 cm³/mol. The van der Waals surface area contributed by atoms with E-state index in [1.807, 2.05) is 12.1 Å². The predicted octanol–water partition coefficient (Wildman–Crippen LogP) is 1.60. The van der Waals surface area contributed by atoms with Crippen LogP contribution in [0.4, 0.5) is 0 Å². The quantitative estimate of drug-likeness (QED) is 0.822. The zero-order valence-electron chi connectivity index (χ0n) is 8.94. The van der Waals surface area contributed by atoms with Crippen LogP contribution in [0.2, 0.25) is 0 Å². The number of methoxy groups -OCH3 is 1. The Morgan fingerprint density at radius 3 is 3.13 bits per heavy atom. The third-order valence-electron chi connectivity index (χ3n) is 2.66. The van der Waals surface area contributed by atoms with Gasteiger partial charge in [-0.3, -0.25) is 0 Å². The highest BCUT2D eigenvalue weighted by Gasteiger charge is 2.26. The topological polar surface area (TPSA) is 57.6 Å². The van der Waals surface area contributed by atoms with Crippen LogP contribution < -0.4 is 5.73 Å². The van der Waals surface area contributed by atoms with Crippen LogP contribution in [-0.2, 0) is 16.1 Å². The number of hydrogen-bond acceptors (Lipinski definition) is 4. The maximum absolute atomic E-state index is 6.05. The Morgan fingerprint density at radius 1 is 1.60 bits per heavy atom. The first kappa shape index (κ1) is 10.7. The Bertz CT molecular complexity index is 305. The van der Waals surface area contributed by atoms with Crippen LogP contribution in [0.25, 0.3) is 0 Å². The summed E-state index contributed by atoms with van der Waals surface area (Å²) >= 11 is 0. The molecule has 0 spiro atoms. The first-order valence-electron chi connectivity index (χ1n) is 5.26. The molecular weight excluding hydrogens is 194 g/mol. The SMILES string of the molecule is COCc1ccc(C(N)C2CCCO2)o1. The van der Waals surface area contributed by atoms with Crippen LogP contribution in [0.1, 0.15) is 30.4 Å². The largest absolute Gasteiger partial charge is 0.462 e. The Kier molecular flexibility index (Phi) is 3.41. The molecule has 2 N–H and O–H groups in total. The van der Waals surface area contributed by atoms with E-state index >= 15 is 0 Å². The fourth-order valence-corrected chi connectivity index (χ4v) is 1.86. The standard InChI is InChI=1S/C11H17NO3/c1-13-7-8-4-5-10(15-8)11(12)9-3-2-6-14-9/h4-5,9,11H,2-3,6-7,12H2,1H3. The molecule has 4 heteroatoms. The van der Waals surface area contributed by atoms with Crippen molar-refractivity contribution >= 4 is 0 Å². The van der Waals surface area contributed by atoms with E-state index in [2.05, 4.69) is 0 Å². The number of furan rings is 1. The Labute approximate surface area is 89.3 Å². The minimum absolute atomic E-state index is 0.103. The van der Waals surface area contributed by atoms with Gasteiger partial charge in [0.2, 0.25) is 0 Å². The van der Waals surface area contributed by atoms with Crippen LogP contribution >= 0.6 is 0 Å². The van der Waals surface area contributed by atoms with Crippen molar-refractivity contribution in [3.8, 4) is 0 Å². The molecule has 1 aromatic rings. The molecule has 0 aliphatic carbocycles. The van der Waals surface area contributed by atoms with E-state index in [0.717, 1.165) is 31.0 Å². The summed E-state index contributed by atoms with van der Waals surface area (Å²) in [4.78, 5) is 0. The van der Waals surface area contributed by atoms with Crippen LogP contribution in [0.3, 0.4) is 0 Å². The Balaban J connectivity index is 2.00. The minimum atomic E-state index is -0.155. The van der Waals surface area contributed by atoms with Crippen molar-refractivity contribution < 1.29 is 13.9 Å². The summed E-state index contributed by atoms with van der Waals surface area (Å²) in [7, 11) is 1.64. The van der Waals surface area contributed by atoms with E-state index in [-0.39, 0.29) is 12.1 Å². The second kappa shape index (κ2) is 4.79. The lowest BCUT2D eigenvalue weighted by molar-refractivity contribution is 0.0820. The summed E-state index contributed by atoms with van der Waals surface area (Å²) < 4.78 is 16.1. The first-order valence-corrected chi connectivity index (χ1v) is 5.26. The molecule has 4 nitrogen and oxygen atoms in total. The lowest BCUT2D eigenvalue weighted by Gasteiger charge is -2.15. The van der Waals surface area contributed by atoms with Gasteiger partial charge < -0.3 is 19.6 Å². The van der Waals surface area contributed by atoms with Gasteiger partial charge in [0.05, 0.1) is 12.1 Å². The maximum atomic E-state index is 6.05. The highest BCUT2D eigenvalue weighted by molar-refractivity contribution is 5.11. The summed E-state index contributed by atoms with van der Waals surface area (Å²) in [6.07, 6.45) is 2.21. The second-order valence-corrected chi connectivity index (χ2v) is 3.81. The molecule has 1 saturated heterocycles. The van der Waals surface area contributed by atoms with Crippen LogP contribution in [0.15, 0.2) is 16.5 Å². The van der Waals surface area contributed by atoms with E-state index in [4.69, 9.17) is 19.6 Å². The highest BCUT2D eigenvalue weighted by atomic mass is 16.5. The number of ether oxygens (including phenoxy) is 2. The average Bonchev–Trinajstić information content (AvgIpc) is 2.87. The molecule has 2 rings (SSSR count). The van der Waals surface area contributed by atoms with E-state index < -0.39 is 0 Å². The summed E-state index contributed by atoms with van der Waals surface area (Å²) in [5.41, 5.74) is 6.05. The van der Waals surface area contributed by atoms with Gasteiger partial charge in [-0.2, -0.15) is 0 Å². The van der Waals surface area contributed by atoms with Gasteiger partial charge in [-0.15, -0.1) is 0 Å². The van der Waals surface area contributed by atoms with Gasteiger partial charge in [0, 0.05) is 13.7 Å². The molecule has 1 aliphatic heterocycles. The van der Waals surface area contributed by atoms with Crippen molar-refractivity contribution in [3.05, 3.63) is 23.7 Å².